The smallest absolute Gasteiger partial charge is 0.410 e. The minimum absolute atomic E-state index is 0.154. The Labute approximate surface area is 220 Å². The molecule has 1 saturated heterocycles. The molecule has 0 radical (unpaired) electrons. The first-order chi connectivity index (χ1) is 16.9. The van der Waals surface area contributed by atoms with E-state index in [-0.39, 0.29) is 26.0 Å². The van der Waals surface area contributed by atoms with Crippen molar-refractivity contribution in [3.63, 3.8) is 0 Å². The van der Waals surface area contributed by atoms with Crippen molar-refractivity contribution in [1.82, 2.24) is 4.90 Å². The summed E-state index contributed by atoms with van der Waals surface area (Å²) in [6.07, 6.45) is 0.373. The first-order valence-corrected chi connectivity index (χ1v) is 12.8. The van der Waals surface area contributed by atoms with E-state index in [0.29, 0.717) is 31.6 Å². The van der Waals surface area contributed by atoms with Crippen LogP contribution < -0.4 is 9.64 Å². The molecule has 2 heterocycles. The van der Waals surface area contributed by atoms with Crippen molar-refractivity contribution in [1.29, 1.82) is 0 Å². The highest BCUT2D eigenvalue weighted by atomic mass is 79.9. The fraction of sp³-hybridized carbons (Fsp3) is 0.417. The monoisotopic (exact) mass is 582 g/mol. The van der Waals surface area contributed by atoms with Crippen LogP contribution in [0.4, 0.5) is 15.5 Å². The van der Waals surface area contributed by atoms with Crippen LogP contribution in [0.3, 0.4) is 0 Å². The summed E-state index contributed by atoms with van der Waals surface area (Å²) in [5, 5.41) is 18.9. The van der Waals surface area contributed by atoms with Crippen molar-refractivity contribution >= 4 is 61.9 Å². The van der Waals surface area contributed by atoms with Gasteiger partial charge in [-0.1, -0.05) is 18.2 Å². The number of para-hydroxylation sites is 1. The van der Waals surface area contributed by atoms with E-state index in [1.54, 1.807) is 56.0 Å². The van der Waals surface area contributed by atoms with Crippen LogP contribution >= 0.6 is 27.3 Å². The SMILES string of the molecule is CC(C)(C)OC(=O)N1CCC(C(=O)N(c2ccccc2)c2sc(C(=O)O)c(OCC(=O)O)c2Br)CC1. The van der Waals surface area contributed by atoms with Gasteiger partial charge in [-0.3, -0.25) is 9.69 Å². The van der Waals surface area contributed by atoms with Gasteiger partial charge in [0, 0.05) is 24.7 Å². The predicted octanol–water partition coefficient (Wildman–Crippen LogP) is 4.98. The van der Waals surface area contributed by atoms with Crippen LogP contribution in [-0.2, 0) is 14.3 Å². The van der Waals surface area contributed by atoms with Crippen LogP contribution in [0.25, 0.3) is 0 Å². The number of amides is 2. The van der Waals surface area contributed by atoms with Crippen molar-refractivity contribution < 1.29 is 38.9 Å². The Bertz CT molecular complexity index is 1140. The highest BCUT2D eigenvalue weighted by Crippen LogP contribution is 2.48. The molecule has 3 rings (SSSR count). The summed E-state index contributed by atoms with van der Waals surface area (Å²) in [5.41, 5.74) is -0.109. The summed E-state index contributed by atoms with van der Waals surface area (Å²) in [6, 6.07) is 8.74. The average Bonchev–Trinajstić information content (AvgIpc) is 3.13. The highest BCUT2D eigenvalue weighted by molar-refractivity contribution is 9.10. The molecule has 0 bridgehead atoms. The third kappa shape index (κ3) is 6.55. The molecule has 36 heavy (non-hydrogen) atoms. The summed E-state index contributed by atoms with van der Waals surface area (Å²) in [7, 11) is 0. The first kappa shape index (κ1) is 27.5. The topological polar surface area (TPSA) is 134 Å². The number of carboxylic acids is 2. The number of piperidine rings is 1. The maximum atomic E-state index is 13.8. The highest BCUT2D eigenvalue weighted by Gasteiger charge is 2.36. The number of hydrogen-bond acceptors (Lipinski definition) is 7. The lowest BCUT2D eigenvalue weighted by Gasteiger charge is -2.35. The van der Waals surface area contributed by atoms with Gasteiger partial charge in [0.1, 0.15) is 10.6 Å². The van der Waals surface area contributed by atoms with Crippen molar-refractivity contribution in [2.24, 2.45) is 5.92 Å². The molecular weight excluding hydrogens is 556 g/mol. The maximum Gasteiger partial charge on any atom is 0.410 e. The Morgan fingerprint density at radius 2 is 1.72 bits per heavy atom. The predicted molar refractivity (Wildman–Crippen MR) is 136 cm³/mol. The Kier molecular flexibility index (Phi) is 8.62. The number of hydrogen-bond donors (Lipinski definition) is 2. The summed E-state index contributed by atoms with van der Waals surface area (Å²) in [6.45, 7) is 5.31. The number of aromatic carboxylic acids is 1. The molecule has 0 atom stereocenters. The number of ether oxygens (including phenoxy) is 2. The third-order valence-electron chi connectivity index (χ3n) is 5.26. The first-order valence-electron chi connectivity index (χ1n) is 11.2. The zero-order valence-corrected chi connectivity index (χ0v) is 22.4. The lowest BCUT2D eigenvalue weighted by molar-refractivity contribution is -0.139. The Morgan fingerprint density at radius 3 is 2.25 bits per heavy atom. The lowest BCUT2D eigenvalue weighted by Crippen LogP contribution is -2.45. The second-order valence-electron chi connectivity index (χ2n) is 9.12. The van der Waals surface area contributed by atoms with Gasteiger partial charge in [-0.2, -0.15) is 0 Å². The number of thiophene rings is 1. The second kappa shape index (κ2) is 11.3. The van der Waals surface area contributed by atoms with Gasteiger partial charge in [0.05, 0.1) is 4.47 Å². The van der Waals surface area contributed by atoms with Crippen LogP contribution in [0, 0.1) is 5.92 Å². The van der Waals surface area contributed by atoms with E-state index in [0.717, 1.165) is 11.3 Å². The molecule has 10 nitrogen and oxygen atoms in total. The Balaban J connectivity index is 1.91. The third-order valence-corrected chi connectivity index (χ3v) is 7.40. The molecule has 0 unspecified atom stereocenters. The van der Waals surface area contributed by atoms with E-state index in [1.165, 1.54) is 4.90 Å². The quantitative estimate of drug-likeness (QED) is 0.466. The molecule has 0 saturated carbocycles. The van der Waals surface area contributed by atoms with Gasteiger partial charge in [0.25, 0.3) is 0 Å². The number of halogens is 1. The van der Waals surface area contributed by atoms with Gasteiger partial charge in [0.2, 0.25) is 5.91 Å². The van der Waals surface area contributed by atoms with Gasteiger partial charge in [-0.05, 0) is 61.7 Å². The van der Waals surface area contributed by atoms with Crippen molar-refractivity contribution in [2.75, 3.05) is 24.6 Å². The molecule has 2 amide bonds. The fourth-order valence-electron chi connectivity index (χ4n) is 3.67. The summed E-state index contributed by atoms with van der Waals surface area (Å²) < 4.78 is 10.9. The number of rotatable bonds is 7. The minimum atomic E-state index is -1.31. The van der Waals surface area contributed by atoms with Crippen molar-refractivity contribution in [3.8, 4) is 5.75 Å². The number of likely N-dealkylation sites (tertiary alicyclic amines) is 1. The van der Waals surface area contributed by atoms with E-state index in [2.05, 4.69) is 15.9 Å². The largest absolute Gasteiger partial charge is 0.479 e. The second-order valence-corrected chi connectivity index (χ2v) is 10.9. The number of nitrogens with zero attached hydrogens (tertiary/aromatic N) is 2. The van der Waals surface area contributed by atoms with Gasteiger partial charge in [-0.15, -0.1) is 11.3 Å². The summed E-state index contributed by atoms with van der Waals surface area (Å²) in [5.74, 6) is -3.43. The van der Waals surface area contributed by atoms with Crippen LogP contribution in [0.5, 0.6) is 5.75 Å². The molecule has 1 aliphatic rings. The molecule has 2 aromatic rings. The number of benzene rings is 1. The van der Waals surface area contributed by atoms with Crippen molar-refractivity contribution in [2.45, 2.75) is 39.2 Å². The molecule has 12 heteroatoms. The number of anilines is 2. The Hall–Kier alpha value is -3.12. The van der Waals surface area contributed by atoms with Gasteiger partial charge in [-0.25, -0.2) is 14.4 Å². The molecule has 1 aromatic carbocycles. The number of carboxylic acid groups (broad SMARTS) is 2. The van der Waals surface area contributed by atoms with Crippen LogP contribution in [0.15, 0.2) is 34.8 Å². The molecule has 1 aromatic heterocycles. The molecule has 1 fully saturated rings. The molecule has 0 spiro atoms. The summed E-state index contributed by atoms with van der Waals surface area (Å²) in [4.78, 5) is 51.9. The maximum absolute atomic E-state index is 13.8. The van der Waals surface area contributed by atoms with Gasteiger partial charge in [0.15, 0.2) is 17.2 Å². The molecular formula is C24H27BrN2O8S. The Morgan fingerprint density at radius 1 is 1.11 bits per heavy atom. The van der Waals surface area contributed by atoms with Gasteiger partial charge >= 0.3 is 18.0 Å². The van der Waals surface area contributed by atoms with Crippen LogP contribution in [0.2, 0.25) is 0 Å². The standard InChI is InChI=1S/C24H27BrN2O8S/c1-24(2,3)35-23(33)26-11-9-14(10-12-26)20(30)27(15-7-5-4-6-8-15)21-17(25)18(34-13-16(28)29)19(36-21)22(31)32/h4-8,14H,9-13H2,1-3H3,(H,28,29)(H,31,32). The van der Waals surface area contributed by atoms with Gasteiger partial charge < -0.3 is 24.6 Å². The van der Waals surface area contributed by atoms with Crippen LogP contribution in [0.1, 0.15) is 43.3 Å². The molecule has 194 valence electrons. The van der Waals surface area contributed by atoms with E-state index in [9.17, 15) is 24.3 Å². The number of carbonyl (C=O) groups is 4. The van der Waals surface area contributed by atoms with E-state index in [4.69, 9.17) is 14.6 Å². The zero-order valence-electron chi connectivity index (χ0n) is 20.0. The summed E-state index contributed by atoms with van der Waals surface area (Å²) >= 11 is 4.14. The average molecular weight is 583 g/mol. The molecule has 0 aliphatic carbocycles. The molecule has 2 N–H and O–H groups in total. The van der Waals surface area contributed by atoms with Crippen molar-refractivity contribution in [3.05, 3.63) is 39.7 Å². The normalized spacial score (nSPS) is 14.3. The van der Waals surface area contributed by atoms with E-state index < -0.39 is 36.2 Å². The minimum Gasteiger partial charge on any atom is -0.479 e. The number of aliphatic carboxylic acids is 1. The van der Waals surface area contributed by atoms with Crippen LogP contribution in [-0.4, -0.2) is 64.3 Å². The number of carbonyl (C=O) groups excluding carboxylic acids is 2. The fourth-order valence-corrected chi connectivity index (χ4v) is 5.54. The van der Waals surface area contributed by atoms with E-state index in [1.807, 2.05) is 0 Å². The zero-order chi connectivity index (χ0) is 26.6. The molecule has 1 aliphatic heterocycles. The van der Waals surface area contributed by atoms with E-state index >= 15 is 0 Å². The lowest BCUT2D eigenvalue weighted by atomic mass is 9.95.